The van der Waals surface area contributed by atoms with E-state index in [1.807, 2.05) is 0 Å². The Morgan fingerprint density at radius 2 is 2.05 bits per heavy atom. The molecule has 1 heterocycles. The summed E-state index contributed by atoms with van der Waals surface area (Å²) in [6, 6.07) is 6.12. The fraction of sp³-hybridized carbons (Fsp3) is 0.0909. The molecule has 0 spiro atoms. The van der Waals surface area contributed by atoms with Crippen molar-refractivity contribution < 1.29 is 18.3 Å². The lowest BCUT2D eigenvalue weighted by molar-refractivity contribution is 0.279. The standard InChI is InChI=1S/C11H11N3O4S2/c1-7(18-2)14-20(16,17)11-12-10(13-19-11)8-3-5-9(15)6-4-8/h3-6,14-15H,1H2,2H3. The number of hydrogen-bond acceptors (Lipinski definition) is 7. The van der Waals surface area contributed by atoms with Gasteiger partial charge in [-0.25, -0.2) is 9.71 Å². The van der Waals surface area contributed by atoms with E-state index < -0.39 is 10.0 Å². The van der Waals surface area contributed by atoms with Crippen molar-refractivity contribution in [1.82, 2.24) is 14.1 Å². The normalized spacial score (nSPS) is 11.1. The molecular weight excluding hydrogens is 302 g/mol. The highest BCUT2D eigenvalue weighted by molar-refractivity contribution is 7.91. The molecule has 2 rings (SSSR count). The van der Waals surface area contributed by atoms with Crippen LogP contribution in [0.3, 0.4) is 0 Å². The molecule has 2 aromatic rings. The summed E-state index contributed by atoms with van der Waals surface area (Å²) in [6.45, 7) is 3.37. The van der Waals surface area contributed by atoms with Gasteiger partial charge >= 0.3 is 0 Å². The van der Waals surface area contributed by atoms with Gasteiger partial charge in [-0.2, -0.15) is 12.8 Å². The summed E-state index contributed by atoms with van der Waals surface area (Å²) in [6.07, 6.45) is 0. The smallest absolute Gasteiger partial charge is 0.293 e. The van der Waals surface area contributed by atoms with Gasteiger partial charge in [0, 0.05) is 17.1 Å². The maximum Gasteiger partial charge on any atom is 0.293 e. The molecule has 0 amide bonds. The van der Waals surface area contributed by atoms with Gasteiger partial charge in [0.1, 0.15) is 5.75 Å². The molecule has 20 heavy (non-hydrogen) atoms. The average Bonchev–Trinajstić information content (AvgIpc) is 2.89. The number of methoxy groups -OCH3 is 1. The Morgan fingerprint density at radius 1 is 1.40 bits per heavy atom. The highest BCUT2D eigenvalue weighted by Crippen LogP contribution is 2.22. The first-order valence-electron chi connectivity index (χ1n) is 5.31. The summed E-state index contributed by atoms with van der Waals surface area (Å²) in [5.74, 6) is 0.264. The topological polar surface area (TPSA) is 101 Å². The molecule has 0 unspecified atom stereocenters. The molecule has 0 aliphatic rings. The predicted octanol–water partition coefficient (Wildman–Crippen LogP) is 1.31. The SMILES string of the molecule is C=C(NS(=O)(=O)c1nc(-c2ccc(O)cc2)ns1)OC. The first kappa shape index (κ1) is 14.3. The molecule has 0 aliphatic carbocycles. The van der Waals surface area contributed by atoms with Crippen LogP contribution in [0, 0.1) is 0 Å². The van der Waals surface area contributed by atoms with Crippen molar-refractivity contribution in [3.63, 3.8) is 0 Å². The lowest BCUT2D eigenvalue weighted by Crippen LogP contribution is -2.23. The number of benzene rings is 1. The van der Waals surface area contributed by atoms with Gasteiger partial charge in [-0.1, -0.05) is 0 Å². The molecule has 0 atom stereocenters. The number of nitrogens with zero attached hydrogens (tertiary/aromatic N) is 2. The number of phenols is 1. The van der Waals surface area contributed by atoms with Crippen LogP contribution in [0.25, 0.3) is 11.4 Å². The van der Waals surface area contributed by atoms with Gasteiger partial charge in [-0.3, -0.25) is 0 Å². The van der Waals surface area contributed by atoms with Gasteiger partial charge < -0.3 is 9.84 Å². The van der Waals surface area contributed by atoms with Crippen molar-refractivity contribution in [3.8, 4) is 17.1 Å². The van der Waals surface area contributed by atoms with Crippen molar-refractivity contribution in [2.24, 2.45) is 0 Å². The summed E-state index contributed by atoms with van der Waals surface area (Å²) in [5, 5.41) is 9.20. The van der Waals surface area contributed by atoms with Crippen LogP contribution in [0.15, 0.2) is 41.1 Å². The van der Waals surface area contributed by atoms with E-state index in [0.29, 0.717) is 5.56 Å². The highest BCUT2D eigenvalue weighted by atomic mass is 32.2. The van der Waals surface area contributed by atoms with Crippen LogP contribution in [0.4, 0.5) is 0 Å². The van der Waals surface area contributed by atoms with Gasteiger partial charge in [-0.15, -0.1) is 0 Å². The van der Waals surface area contributed by atoms with E-state index in [2.05, 4.69) is 25.4 Å². The average molecular weight is 313 g/mol. The van der Waals surface area contributed by atoms with Crippen LogP contribution < -0.4 is 4.72 Å². The summed E-state index contributed by atoms with van der Waals surface area (Å²) in [4.78, 5) is 3.95. The number of hydrogen-bond donors (Lipinski definition) is 2. The van der Waals surface area contributed by atoms with Gasteiger partial charge in [0.2, 0.25) is 4.34 Å². The number of rotatable bonds is 5. The van der Waals surface area contributed by atoms with Gasteiger partial charge in [0.25, 0.3) is 10.0 Å². The number of sulfonamides is 1. The Balaban J connectivity index is 2.29. The Bertz CT molecular complexity index is 722. The first-order chi connectivity index (χ1) is 9.42. The van der Waals surface area contributed by atoms with Gasteiger partial charge in [0.05, 0.1) is 7.11 Å². The molecule has 106 valence electrons. The van der Waals surface area contributed by atoms with Crippen LogP contribution in [0.1, 0.15) is 0 Å². The van der Waals surface area contributed by atoms with Crippen LogP contribution in [0.2, 0.25) is 0 Å². The molecule has 0 radical (unpaired) electrons. The van der Waals surface area contributed by atoms with E-state index in [9.17, 15) is 13.5 Å². The van der Waals surface area contributed by atoms with Crippen LogP contribution in [-0.2, 0) is 14.8 Å². The fourth-order valence-electron chi connectivity index (χ4n) is 1.28. The highest BCUT2D eigenvalue weighted by Gasteiger charge is 2.21. The van der Waals surface area contributed by atoms with Crippen molar-refractivity contribution >= 4 is 21.6 Å². The molecule has 0 saturated heterocycles. The zero-order valence-corrected chi connectivity index (χ0v) is 12.0. The third-order valence-electron chi connectivity index (χ3n) is 2.26. The van der Waals surface area contributed by atoms with Crippen molar-refractivity contribution in [3.05, 3.63) is 36.7 Å². The minimum atomic E-state index is -3.85. The zero-order valence-electron chi connectivity index (χ0n) is 10.4. The van der Waals surface area contributed by atoms with Crippen LogP contribution in [-0.4, -0.2) is 30.0 Å². The Labute approximate surface area is 119 Å². The molecular formula is C11H11N3O4S2. The third-order valence-corrected chi connectivity index (χ3v) is 4.70. The van der Waals surface area contributed by atoms with Gasteiger partial charge in [-0.05, 0) is 30.8 Å². The summed E-state index contributed by atoms with van der Waals surface area (Å²) >= 11 is 0.737. The van der Waals surface area contributed by atoms with Crippen molar-refractivity contribution in [2.75, 3.05) is 7.11 Å². The van der Waals surface area contributed by atoms with Crippen LogP contribution >= 0.6 is 11.5 Å². The van der Waals surface area contributed by atoms with E-state index in [4.69, 9.17) is 0 Å². The molecule has 1 aromatic carbocycles. The zero-order chi connectivity index (χ0) is 14.8. The third kappa shape index (κ3) is 3.06. The van der Waals surface area contributed by atoms with E-state index in [0.717, 1.165) is 11.5 Å². The van der Waals surface area contributed by atoms with Crippen LogP contribution in [0.5, 0.6) is 5.75 Å². The molecule has 1 aromatic heterocycles. The molecule has 2 N–H and O–H groups in total. The monoisotopic (exact) mass is 313 g/mol. The molecule has 0 aliphatic heterocycles. The lowest BCUT2D eigenvalue weighted by atomic mass is 10.2. The summed E-state index contributed by atoms with van der Waals surface area (Å²) in [7, 11) is -2.55. The van der Waals surface area contributed by atoms with E-state index in [-0.39, 0.29) is 21.8 Å². The number of aromatic hydroxyl groups is 1. The largest absolute Gasteiger partial charge is 0.508 e. The Kier molecular flexibility index (Phi) is 3.91. The van der Waals surface area contributed by atoms with E-state index in [1.54, 1.807) is 12.1 Å². The summed E-state index contributed by atoms with van der Waals surface area (Å²) in [5.41, 5.74) is 0.603. The maximum absolute atomic E-state index is 11.9. The second kappa shape index (κ2) is 5.47. The minimum Gasteiger partial charge on any atom is -0.508 e. The molecule has 0 saturated carbocycles. The first-order valence-corrected chi connectivity index (χ1v) is 7.57. The molecule has 9 heteroatoms. The second-order valence-electron chi connectivity index (χ2n) is 3.66. The summed E-state index contributed by atoms with van der Waals surface area (Å²) < 4.78 is 34.4. The number of ether oxygens (including phenoxy) is 1. The molecule has 0 fully saturated rings. The van der Waals surface area contributed by atoms with E-state index in [1.165, 1.54) is 19.2 Å². The number of aromatic nitrogens is 2. The van der Waals surface area contributed by atoms with E-state index >= 15 is 0 Å². The van der Waals surface area contributed by atoms with Crippen molar-refractivity contribution in [2.45, 2.75) is 4.34 Å². The number of nitrogens with one attached hydrogen (secondary N) is 1. The lowest BCUT2D eigenvalue weighted by Gasteiger charge is -2.05. The Hall–Kier alpha value is -2.13. The molecule has 7 nitrogen and oxygen atoms in total. The molecule has 0 bridgehead atoms. The fourth-order valence-corrected chi connectivity index (χ4v) is 3.03. The minimum absolute atomic E-state index is 0.105. The number of phenolic OH excluding ortho intramolecular Hbond substituents is 1. The van der Waals surface area contributed by atoms with Gasteiger partial charge in [0.15, 0.2) is 11.7 Å². The quantitative estimate of drug-likeness (QED) is 0.807. The predicted molar refractivity (Wildman–Crippen MR) is 73.5 cm³/mol. The van der Waals surface area contributed by atoms with Crippen molar-refractivity contribution in [1.29, 1.82) is 0 Å². The second-order valence-corrected chi connectivity index (χ2v) is 6.27. The maximum atomic E-state index is 11.9. The Morgan fingerprint density at radius 3 is 2.65 bits per heavy atom.